The van der Waals surface area contributed by atoms with Crippen LogP contribution in [0, 0.1) is 15.9 Å². The van der Waals surface area contributed by atoms with Gasteiger partial charge in [0.15, 0.2) is 0 Å². The number of carbonyl (C=O) groups excluding carboxylic acids is 1. The molecule has 0 aliphatic rings. The lowest BCUT2D eigenvalue weighted by atomic mass is 10.1. The van der Waals surface area contributed by atoms with Crippen molar-refractivity contribution in [2.45, 2.75) is 0 Å². The second kappa shape index (κ2) is 5.57. The molecule has 0 saturated heterocycles. The van der Waals surface area contributed by atoms with E-state index in [0.717, 1.165) is 13.2 Å². The van der Waals surface area contributed by atoms with Gasteiger partial charge >= 0.3 is 5.97 Å². The Balaban J connectivity index is 2.50. The fourth-order valence-corrected chi connectivity index (χ4v) is 1.72. The van der Waals surface area contributed by atoms with Crippen LogP contribution in [-0.2, 0) is 11.8 Å². The van der Waals surface area contributed by atoms with E-state index in [0.29, 0.717) is 11.8 Å². The second-order valence-electron chi connectivity index (χ2n) is 4.13. The normalized spacial score (nSPS) is 10.2. The third-order valence-corrected chi connectivity index (χ3v) is 2.67. The molecule has 1 N–H and O–H groups in total. The molecule has 0 fully saturated rings. The van der Waals surface area contributed by atoms with Gasteiger partial charge in [0.1, 0.15) is 11.5 Å². The number of methoxy groups -OCH3 is 1. The third-order valence-electron chi connectivity index (χ3n) is 2.67. The van der Waals surface area contributed by atoms with Crippen LogP contribution in [0.25, 0.3) is 0 Å². The van der Waals surface area contributed by atoms with Crippen LogP contribution in [0.5, 0.6) is 0 Å². The number of hydrogen-bond donors (Lipinski definition) is 1. The van der Waals surface area contributed by atoms with Crippen molar-refractivity contribution >= 4 is 23.0 Å². The molecule has 2 rings (SSSR count). The molecule has 2 aromatic rings. The molecule has 8 nitrogen and oxygen atoms in total. The van der Waals surface area contributed by atoms with Crippen molar-refractivity contribution in [3.05, 3.63) is 46.0 Å². The van der Waals surface area contributed by atoms with Gasteiger partial charge in [0.05, 0.1) is 35.5 Å². The topological polar surface area (TPSA) is 99.3 Å². The first-order valence-corrected chi connectivity index (χ1v) is 5.74. The molecule has 0 bridgehead atoms. The lowest BCUT2D eigenvalue weighted by Gasteiger charge is -2.08. The molecule has 1 heterocycles. The van der Waals surface area contributed by atoms with Crippen molar-refractivity contribution in [1.82, 2.24) is 9.78 Å². The summed E-state index contributed by atoms with van der Waals surface area (Å²) >= 11 is 0. The number of esters is 1. The molecule has 9 heteroatoms. The van der Waals surface area contributed by atoms with E-state index in [-0.39, 0.29) is 5.69 Å². The highest BCUT2D eigenvalue weighted by molar-refractivity contribution is 5.92. The van der Waals surface area contributed by atoms with Crippen LogP contribution < -0.4 is 5.32 Å². The van der Waals surface area contributed by atoms with Crippen molar-refractivity contribution in [1.29, 1.82) is 0 Å². The summed E-state index contributed by atoms with van der Waals surface area (Å²) < 4.78 is 19.6. The fourth-order valence-electron chi connectivity index (χ4n) is 1.72. The van der Waals surface area contributed by atoms with Crippen LogP contribution in [0.4, 0.5) is 21.5 Å². The number of aryl methyl sites for hydroxylation is 1. The lowest BCUT2D eigenvalue weighted by Crippen LogP contribution is -2.07. The molecule has 0 aliphatic heterocycles. The van der Waals surface area contributed by atoms with Crippen molar-refractivity contribution < 1.29 is 18.8 Å². The van der Waals surface area contributed by atoms with Crippen LogP contribution in [0.15, 0.2) is 24.5 Å². The van der Waals surface area contributed by atoms with E-state index in [4.69, 9.17) is 0 Å². The van der Waals surface area contributed by atoms with E-state index in [1.54, 1.807) is 13.2 Å². The van der Waals surface area contributed by atoms with Crippen LogP contribution in [-0.4, -0.2) is 27.8 Å². The standard InChI is InChI=1S/C12H11FN4O4/c1-16-6-7(5-14-16)15-10-3-8(12(18)21-2)9(13)4-11(10)17(19)20/h3-6,15H,1-2H3. The van der Waals surface area contributed by atoms with Crippen LogP contribution in [0.1, 0.15) is 10.4 Å². The van der Waals surface area contributed by atoms with Crippen molar-refractivity contribution in [2.75, 3.05) is 12.4 Å². The highest BCUT2D eigenvalue weighted by Gasteiger charge is 2.22. The zero-order valence-corrected chi connectivity index (χ0v) is 11.2. The second-order valence-corrected chi connectivity index (χ2v) is 4.13. The molecule has 0 aliphatic carbocycles. The van der Waals surface area contributed by atoms with Gasteiger partial charge in [-0.3, -0.25) is 14.8 Å². The molecule has 0 radical (unpaired) electrons. The number of hydrogen-bond acceptors (Lipinski definition) is 6. The SMILES string of the molecule is COC(=O)c1cc(Nc2cnn(C)c2)c([N+](=O)[O-])cc1F. The highest BCUT2D eigenvalue weighted by Crippen LogP contribution is 2.30. The zero-order chi connectivity index (χ0) is 15.6. The minimum absolute atomic E-state index is 0.0326. The Hall–Kier alpha value is -2.97. The fraction of sp³-hybridized carbons (Fsp3) is 0.167. The maximum Gasteiger partial charge on any atom is 0.340 e. The summed E-state index contributed by atoms with van der Waals surface area (Å²) in [4.78, 5) is 21.7. The highest BCUT2D eigenvalue weighted by atomic mass is 19.1. The largest absolute Gasteiger partial charge is 0.465 e. The van der Waals surface area contributed by atoms with E-state index in [9.17, 15) is 19.3 Å². The molecule has 0 atom stereocenters. The van der Waals surface area contributed by atoms with Gasteiger partial charge in [-0.1, -0.05) is 0 Å². The number of aromatic nitrogens is 2. The molecule has 21 heavy (non-hydrogen) atoms. The number of rotatable bonds is 4. The molecule has 0 spiro atoms. The zero-order valence-electron chi connectivity index (χ0n) is 11.2. The van der Waals surface area contributed by atoms with Crippen LogP contribution >= 0.6 is 0 Å². The number of nitro groups is 1. The summed E-state index contributed by atoms with van der Waals surface area (Å²) in [5.41, 5.74) is -0.462. The van der Waals surface area contributed by atoms with Gasteiger partial charge in [0.25, 0.3) is 5.69 Å². The molecule has 0 unspecified atom stereocenters. The average Bonchev–Trinajstić information content (AvgIpc) is 2.84. The van der Waals surface area contributed by atoms with Crippen LogP contribution in [0.3, 0.4) is 0 Å². The Bertz CT molecular complexity index is 713. The van der Waals surface area contributed by atoms with Gasteiger partial charge in [-0.15, -0.1) is 0 Å². The minimum Gasteiger partial charge on any atom is -0.465 e. The third kappa shape index (κ3) is 2.96. The number of anilines is 2. The molecule has 0 saturated carbocycles. The Morgan fingerprint density at radius 1 is 1.52 bits per heavy atom. The number of carbonyl (C=O) groups is 1. The molecule has 1 aromatic heterocycles. The quantitative estimate of drug-likeness (QED) is 0.526. The van der Waals surface area contributed by atoms with Crippen LogP contribution in [0.2, 0.25) is 0 Å². The van der Waals surface area contributed by atoms with Gasteiger partial charge in [0, 0.05) is 13.2 Å². The van der Waals surface area contributed by atoms with Crippen molar-refractivity contribution in [3.8, 4) is 0 Å². The Morgan fingerprint density at radius 2 is 2.24 bits per heavy atom. The number of halogens is 1. The van der Waals surface area contributed by atoms with E-state index in [1.165, 1.54) is 10.9 Å². The van der Waals surface area contributed by atoms with Gasteiger partial charge < -0.3 is 10.1 Å². The summed E-state index contributed by atoms with van der Waals surface area (Å²) in [6, 6.07) is 1.71. The van der Waals surface area contributed by atoms with Gasteiger partial charge in [-0.2, -0.15) is 5.10 Å². The smallest absolute Gasteiger partial charge is 0.340 e. The molecule has 0 amide bonds. The molecular formula is C12H11FN4O4. The number of ether oxygens (including phenoxy) is 1. The molecular weight excluding hydrogens is 283 g/mol. The van der Waals surface area contributed by atoms with Gasteiger partial charge in [-0.05, 0) is 6.07 Å². The first-order chi connectivity index (χ1) is 9.92. The summed E-state index contributed by atoms with van der Waals surface area (Å²) in [5, 5.41) is 17.6. The van der Waals surface area contributed by atoms with E-state index in [1.807, 2.05) is 0 Å². The predicted octanol–water partition coefficient (Wildman–Crippen LogP) is 2.00. The summed E-state index contributed by atoms with van der Waals surface area (Å²) in [7, 11) is 2.77. The summed E-state index contributed by atoms with van der Waals surface area (Å²) in [6.45, 7) is 0. The average molecular weight is 294 g/mol. The van der Waals surface area contributed by atoms with E-state index in [2.05, 4.69) is 15.2 Å². The van der Waals surface area contributed by atoms with Crippen molar-refractivity contribution in [2.24, 2.45) is 7.05 Å². The van der Waals surface area contributed by atoms with E-state index >= 15 is 0 Å². The van der Waals surface area contributed by atoms with Gasteiger partial charge in [-0.25, -0.2) is 9.18 Å². The Kier molecular flexibility index (Phi) is 3.83. The monoisotopic (exact) mass is 294 g/mol. The molecule has 1 aromatic carbocycles. The maximum atomic E-state index is 13.7. The van der Waals surface area contributed by atoms with Gasteiger partial charge in [0.2, 0.25) is 0 Å². The molecule has 110 valence electrons. The van der Waals surface area contributed by atoms with Crippen molar-refractivity contribution in [3.63, 3.8) is 0 Å². The number of nitrogens with one attached hydrogen (secondary N) is 1. The summed E-state index contributed by atoms with van der Waals surface area (Å²) in [5.74, 6) is -1.94. The maximum absolute atomic E-state index is 13.7. The first-order valence-electron chi connectivity index (χ1n) is 5.74. The number of nitro benzene ring substituents is 1. The first kappa shape index (κ1) is 14.4. The lowest BCUT2D eigenvalue weighted by molar-refractivity contribution is -0.384. The minimum atomic E-state index is -1.02. The Labute approximate surface area is 118 Å². The Morgan fingerprint density at radius 3 is 2.76 bits per heavy atom. The summed E-state index contributed by atoms with van der Waals surface area (Å²) in [6.07, 6.45) is 3.01. The predicted molar refractivity (Wildman–Crippen MR) is 70.9 cm³/mol. The number of nitrogens with zero attached hydrogens (tertiary/aromatic N) is 3. The number of benzene rings is 1. The van der Waals surface area contributed by atoms with E-state index < -0.39 is 28.0 Å².